The molecule has 1 fully saturated rings. The van der Waals surface area contributed by atoms with E-state index in [1.165, 1.54) is 18.4 Å². The van der Waals surface area contributed by atoms with Gasteiger partial charge in [-0.1, -0.05) is 26.0 Å². The number of aromatic nitrogens is 1. The Morgan fingerprint density at radius 3 is 2.59 bits per heavy atom. The molecule has 0 atom stereocenters. The molecule has 0 bridgehead atoms. The first-order valence-electron chi connectivity index (χ1n) is 11.0. The lowest BCUT2D eigenvalue weighted by atomic mass is 9.71. The molecule has 0 spiro atoms. The monoisotopic (exact) mass is 504 g/mol. The number of carboxylic acids is 1. The Balaban J connectivity index is 1.45. The molecule has 1 heterocycles. The molecule has 5 nitrogen and oxygen atoms in total. The van der Waals surface area contributed by atoms with Crippen molar-refractivity contribution >= 4 is 34.9 Å². The number of benzene rings is 2. The van der Waals surface area contributed by atoms with E-state index in [0.29, 0.717) is 21.0 Å². The number of methoxy groups -OCH3 is 1. The number of hydrogen-bond donors (Lipinski definition) is 2. The van der Waals surface area contributed by atoms with E-state index in [2.05, 4.69) is 23.6 Å². The fourth-order valence-corrected chi connectivity index (χ4v) is 5.80. The molecular formula is C25H26F2N2O3S2. The zero-order valence-electron chi connectivity index (χ0n) is 19.2. The minimum Gasteiger partial charge on any atom is -0.495 e. The summed E-state index contributed by atoms with van der Waals surface area (Å²) < 4.78 is 37.2. The van der Waals surface area contributed by atoms with Crippen molar-refractivity contribution in [1.29, 1.82) is 0 Å². The number of carbonyl (C=O) groups is 1. The van der Waals surface area contributed by atoms with Gasteiger partial charge in [0.2, 0.25) is 0 Å². The summed E-state index contributed by atoms with van der Waals surface area (Å²) in [7, 11) is 1.38. The summed E-state index contributed by atoms with van der Waals surface area (Å²) in [6.07, 6.45) is 4.22. The first kappa shape index (κ1) is 24.5. The predicted octanol–water partition coefficient (Wildman–Crippen LogP) is 7.60. The van der Waals surface area contributed by atoms with E-state index in [0.717, 1.165) is 55.3 Å². The summed E-state index contributed by atoms with van der Waals surface area (Å²) in [5.74, 6) is -1.97. The van der Waals surface area contributed by atoms with Gasteiger partial charge in [-0.2, -0.15) is 0 Å². The first-order valence-corrected chi connectivity index (χ1v) is 12.7. The summed E-state index contributed by atoms with van der Waals surface area (Å²) in [6, 6.07) is 7.56. The van der Waals surface area contributed by atoms with E-state index in [1.807, 2.05) is 17.5 Å². The molecular weight excluding hydrogens is 478 g/mol. The molecule has 0 saturated heterocycles. The molecule has 180 valence electrons. The summed E-state index contributed by atoms with van der Waals surface area (Å²) in [5, 5.41) is 12.2. The quantitative estimate of drug-likeness (QED) is 0.323. The lowest BCUT2D eigenvalue weighted by molar-refractivity contribution is 0.0691. The Kier molecular flexibility index (Phi) is 7.14. The fourth-order valence-electron chi connectivity index (χ4n) is 4.21. The van der Waals surface area contributed by atoms with E-state index in [4.69, 9.17) is 9.84 Å². The highest BCUT2D eigenvalue weighted by Crippen LogP contribution is 2.43. The van der Waals surface area contributed by atoms with Crippen LogP contribution in [-0.2, 0) is 0 Å². The second kappa shape index (κ2) is 9.92. The molecule has 3 aromatic rings. The van der Waals surface area contributed by atoms with Crippen LogP contribution in [0.2, 0.25) is 0 Å². The topological polar surface area (TPSA) is 71.5 Å². The van der Waals surface area contributed by atoms with Crippen LogP contribution in [0, 0.1) is 17.0 Å². The van der Waals surface area contributed by atoms with Gasteiger partial charge in [0.25, 0.3) is 0 Å². The molecule has 0 aliphatic heterocycles. The smallest absolute Gasteiger partial charge is 0.338 e. The van der Waals surface area contributed by atoms with E-state index in [-0.39, 0.29) is 23.2 Å². The number of carboxylic acid groups (broad SMARTS) is 1. The third kappa shape index (κ3) is 5.36. The summed E-state index contributed by atoms with van der Waals surface area (Å²) >= 11 is 2.52. The number of hydrogen-bond acceptors (Lipinski definition) is 6. The van der Waals surface area contributed by atoms with Gasteiger partial charge < -0.3 is 14.6 Å². The maximum Gasteiger partial charge on any atom is 0.338 e. The van der Waals surface area contributed by atoms with Gasteiger partial charge in [-0.25, -0.2) is 18.6 Å². The zero-order chi connectivity index (χ0) is 24.5. The number of rotatable bonds is 7. The van der Waals surface area contributed by atoms with E-state index >= 15 is 0 Å². The van der Waals surface area contributed by atoms with Crippen molar-refractivity contribution in [3.63, 3.8) is 0 Å². The van der Waals surface area contributed by atoms with Gasteiger partial charge in [0, 0.05) is 29.0 Å². The molecule has 1 aliphatic carbocycles. The van der Waals surface area contributed by atoms with E-state index in [1.54, 1.807) is 6.07 Å². The Hall–Kier alpha value is -2.65. The van der Waals surface area contributed by atoms with Crippen LogP contribution in [-0.4, -0.2) is 23.2 Å². The standard InChI is InChI=1S/C25H26F2N2O3S2/c1-25(2)8-6-14(7-9-25)16-5-4-15(10-18(16)26)23-28-22(13-33-23)34-29-20-12-19(27)17(24(30)31)11-21(20)32-3/h4-5,10-14,29H,6-9H2,1-3H3,(H,30,31). The zero-order valence-corrected chi connectivity index (χ0v) is 20.8. The molecule has 0 unspecified atom stereocenters. The van der Waals surface area contributed by atoms with Crippen molar-refractivity contribution in [2.24, 2.45) is 5.41 Å². The van der Waals surface area contributed by atoms with Crippen LogP contribution in [0.5, 0.6) is 5.75 Å². The van der Waals surface area contributed by atoms with Crippen LogP contribution >= 0.6 is 23.3 Å². The van der Waals surface area contributed by atoms with Crippen molar-refractivity contribution in [2.45, 2.75) is 50.5 Å². The number of thiazole rings is 1. The van der Waals surface area contributed by atoms with E-state index in [9.17, 15) is 13.6 Å². The molecule has 1 aromatic heterocycles. The average Bonchev–Trinajstić information content (AvgIpc) is 3.27. The average molecular weight is 505 g/mol. The highest BCUT2D eigenvalue weighted by molar-refractivity contribution is 8.00. The number of ether oxygens (including phenoxy) is 1. The highest BCUT2D eigenvalue weighted by atomic mass is 32.2. The molecule has 1 saturated carbocycles. The molecule has 2 aromatic carbocycles. The van der Waals surface area contributed by atoms with Crippen LogP contribution < -0.4 is 9.46 Å². The van der Waals surface area contributed by atoms with Gasteiger partial charge in [0.15, 0.2) is 0 Å². The molecule has 9 heteroatoms. The van der Waals surface area contributed by atoms with Crippen LogP contribution in [0.1, 0.15) is 61.4 Å². The minimum absolute atomic E-state index is 0.191. The van der Waals surface area contributed by atoms with Crippen LogP contribution in [0.4, 0.5) is 14.5 Å². The SMILES string of the molecule is COc1cc(C(=O)O)c(F)cc1NSc1csc(-c2ccc(C3CCC(C)(C)CC3)c(F)c2)n1. The van der Waals surface area contributed by atoms with Crippen molar-refractivity contribution in [3.05, 3.63) is 58.5 Å². The lowest BCUT2D eigenvalue weighted by Crippen LogP contribution is -2.20. The summed E-state index contributed by atoms with van der Waals surface area (Å²) in [5.41, 5.74) is 1.65. The maximum absolute atomic E-state index is 15.0. The Morgan fingerprint density at radius 2 is 1.94 bits per heavy atom. The molecule has 34 heavy (non-hydrogen) atoms. The van der Waals surface area contributed by atoms with E-state index < -0.39 is 17.3 Å². The second-order valence-electron chi connectivity index (χ2n) is 9.21. The number of anilines is 1. The summed E-state index contributed by atoms with van der Waals surface area (Å²) in [4.78, 5) is 15.7. The largest absolute Gasteiger partial charge is 0.495 e. The Labute approximate surface area is 205 Å². The highest BCUT2D eigenvalue weighted by Gasteiger charge is 2.29. The van der Waals surface area contributed by atoms with Gasteiger partial charge in [-0.15, -0.1) is 11.3 Å². The normalized spacial score (nSPS) is 15.8. The van der Waals surface area contributed by atoms with Crippen LogP contribution in [0.15, 0.2) is 40.7 Å². The van der Waals surface area contributed by atoms with Gasteiger partial charge in [0.1, 0.15) is 27.4 Å². The number of halogens is 2. The van der Waals surface area contributed by atoms with Crippen molar-refractivity contribution in [1.82, 2.24) is 4.98 Å². The van der Waals surface area contributed by atoms with Crippen molar-refractivity contribution in [3.8, 4) is 16.3 Å². The fraction of sp³-hybridized carbons (Fsp3) is 0.360. The first-order chi connectivity index (χ1) is 16.2. The number of nitrogens with zero attached hydrogens (tertiary/aromatic N) is 1. The van der Waals surface area contributed by atoms with Gasteiger partial charge in [-0.3, -0.25) is 0 Å². The molecule has 1 aliphatic rings. The van der Waals surface area contributed by atoms with Crippen LogP contribution in [0.25, 0.3) is 10.6 Å². The van der Waals surface area contributed by atoms with Crippen molar-refractivity contribution in [2.75, 3.05) is 11.8 Å². The second-order valence-corrected chi connectivity index (χ2v) is 10.9. The van der Waals surface area contributed by atoms with Crippen LogP contribution in [0.3, 0.4) is 0 Å². The van der Waals surface area contributed by atoms with Gasteiger partial charge in [0.05, 0.1) is 18.4 Å². The lowest BCUT2D eigenvalue weighted by Gasteiger charge is -2.34. The number of nitrogens with one attached hydrogen (secondary N) is 1. The summed E-state index contributed by atoms with van der Waals surface area (Å²) in [6.45, 7) is 4.54. The predicted molar refractivity (Wildman–Crippen MR) is 132 cm³/mol. The third-order valence-corrected chi connectivity index (χ3v) is 8.08. The Morgan fingerprint density at radius 1 is 1.21 bits per heavy atom. The molecule has 0 amide bonds. The van der Waals surface area contributed by atoms with Gasteiger partial charge in [-0.05, 0) is 54.7 Å². The third-order valence-electron chi connectivity index (χ3n) is 6.29. The minimum atomic E-state index is -1.37. The van der Waals surface area contributed by atoms with Crippen molar-refractivity contribution < 1.29 is 23.4 Å². The molecule has 0 radical (unpaired) electrons. The maximum atomic E-state index is 15.0. The number of aromatic carboxylic acids is 1. The Bertz CT molecular complexity index is 1200. The molecule has 2 N–H and O–H groups in total. The molecule has 4 rings (SSSR count). The van der Waals surface area contributed by atoms with Gasteiger partial charge >= 0.3 is 5.97 Å².